The van der Waals surface area contributed by atoms with Gasteiger partial charge in [0.25, 0.3) is 0 Å². The molecule has 0 aliphatic carbocycles. The minimum Gasteiger partial charge on any atom is -1.00 e. The number of halogens is 1. The highest BCUT2D eigenvalue weighted by atomic mass is 35.5. The number of aliphatic hydroxyl groups excluding tert-OH is 1. The van der Waals surface area contributed by atoms with E-state index in [9.17, 15) is 5.11 Å². The molecule has 1 aromatic carbocycles. The summed E-state index contributed by atoms with van der Waals surface area (Å²) in [5.74, 6) is 2.91. The van der Waals surface area contributed by atoms with Gasteiger partial charge in [0.15, 0.2) is 0 Å². The van der Waals surface area contributed by atoms with E-state index in [1.807, 2.05) is 24.3 Å². The first-order valence-electron chi connectivity index (χ1n) is 7.74. The fourth-order valence-electron chi connectivity index (χ4n) is 3.18. The lowest BCUT2D eigenvalue weighted by molar-refractivity contribution is -0.00000884. The molecule has 0 amide bonds. The van der Waals surface area contributed by atoms with Crippen molar-refractivity contribution in [1.29, 1.82) is 0 Å². The molecule has 0 saturated carbocycles. The molecule has 0 aromatic heterocycles. The molecular weight excluding hydrogens is 302 g/mol. The van der Waals surface area contributed by atoms with E-state index in [0.29, 0.717) is 25.0 Å². The summed E-state index contributed by atoms with van der Waals surface area (Å²) in [6.07, 6.45) is 0.820. The van der Waals surface area contributed by atoms with Crippen molar-refractivity contribution < 1.29 is 28.4 Å². The Kier molecular flexibility index (Phi) is 8.01. The third-order valence-electron chi connectivity index (χ3n) is 3.90. The van der Waals surface area contributed by atoms with Gasteiger partial charge in [0, 0.05) is 25.7 Å². The van der Waals surface area contributed by atoms with E-state index in [4.69, 9.17) is 9.47 Å². The highest BCUT2D eigenvalue weighted by molar-refractivity contribution is 5.32. The summed E-state index contributed by atoms with van der Waals surface area (Å²) < 4.78 is 10.8. The Labute approximate surface area is 141 Å². The first-order valence-corrected chi connectivity index (χ1v) is 7.74. The van der Waals surface area contributed by atoms with Gasteiger partial charge in [-0.1, -0.05) is 19.9 Å². The van der Waals surface area contributed by atoms with Crippen LogP contribution in [0.5, 0.6) is 11.5 Å². The van der Waals surface area contributed by atoms with E-state index in [0.717, 1.165) is 24.6 Å². The third-order valence-corrected chi connectivity index (χ3v) is 3.90. The minimum atomic E-state index is -0.464. The molecule has 1 N–H and O–H groups in total. The predicted octanol–water partition coefficient (Wildman–Crippen LogP) is -0.471. The number of rotatable bonds is 6. The number of nitrogens with zero attached hydrogens (tertiary/aromatic N) is 1. The van der Waals surface area contributed by atoms with Gasteiger partial charge in [0.2, 0.25) is 0 Å². The Morgan fingerprint density at radius 2 is 1.91 bits per heavy atom. The highest BCUT2D eigenvalue weighted by Gasteiger charge is 2.23. The molecule has 1 aliphatic rings. The van der Waals surface area contributed by atoms with Crippen LogP contribution in [0.2, 0.25) is 0 Å². The first-order chi connectivity index (χ1) is 10.1. The second kappa shape index (κ2) is 9.23. The number of hydrogen-bond donors (Lipinski definition) is 1. The van der Waals surface area contributed by atoms with Gasteiger partial charge in [0.1, 0.15) is 24.2 Å². The van der Waals surface area contributed by atoms with Crippen LogP contribution in [-0.4, -0.2) is 49.5 Å². The molecular formula is C17H28ClNO3. The Hall–Kier alpha value is -0.970. The number of hydrogen-bond acceptors (Lipinski definition) is 4. The Balaban J connectivity index is 0.00000242. The number of ether oxygens (including phenoxy) is 2. The number of β-amino-alcohol motifs (C(OH)–C–C–N with tert-alkyl or cyclic N) is 1. The fraction of sp³-hybridized carbons (Fsp3) is 0.647. The van der Waals surface area contributed by atoms with Gasteiger partial charge in [-0.3, -0.25) is 0 Å². The van der Waals surface area contributed by atoms with E-state index in [1.165, 1.54) is 6.42 Å². The lowest BCUT2D eigenvalue weighted by Gasteiger charge is -2.35. The quantitative estimate of drug-likeness (QED) is 0.766. The molecule has 1 aliphatic heterocycles. The van der Waals surface area contributed by atoms with Crippen molar-refractivity contribution in [3.05, 3.63) is 24.3 Å². The molecule has 1 saturated heterocycles. The smallest absolute Gasteiger partial charge is 1.00 e. The Bertz CT molecular complexity index is 440. The summed E-state index contributed by atoms with van der Waals surface area (Å²) in [5.41, 5.74) is 0. The van der Waals surface area contributed by atoms with E-state index in [-0.39, 0.29) is 13.8 Å². The van der Waals surface area contributed by atoms with Gasteiger partial charge in [-0.2, -0.15) is 0 Å². The average Bonchev–Trinajstić information content (AvgIpc) is 2.44. The molecule has 0 bridgehead atoms. The van der Waals surface area contributed by atoms with Crippen LogP contribution in [0.3, 0.4) is 0 Å². The zero-order valence-corrected chi connectivity index (χ0v) is 14.4. The maximum atomic E-state index is 10.2. The van der Waals surface area contributed by atoms with E-state index >= 15 is 0 Å². The average molecular weight is 330 g/mol. The van der Waals surface area contributed by atoms with E-state index < -0.39 is 6.10 Å². The van der Waals surface area contributed by atoms with Gasteiger partial charge in [0.05, 0.1) is 7.11 Å². The minimum absolute atomic E-state index is 0. The van der Waals surface area contributed by atoms with Crippen molar-refractivity contribution in [2.45, 2.75) is 26.4 Å². The second-order valence-corrected chi connectivity index (χ2v) is 6.31. The number of piperidine rings is 1. The van der Waals surface area contributed by atoms with E-state index in [1.54, 1.807) is 7.11 Å². The third kappa shape index (κ3) is 6.03. The zero-order chi connectivity index (χ0) is 15.2. The topological polar surface area (TPSA) is 41.9 Å². The highest BCUT2D eigenvalue weighted by Crippen LogP contribution is 2.21. The van der Waals surface area contributed by atoms with Crippen LogP contribution in [0.15, 0.2) is 24.3 Å². The lowest BCUT2D eigenvalue weighted by atomic mass is 9.92. The summed E-state index contributed by atoms with van der Waals surface area (Å²) in [7, 11) is 1.63. The maximum absolute atomic E-state index is 10.2. The monoisotopic (exact) mass is 329 g/mol. The second-order valence-electron chi connectivity index (χ2n) is 6.31. The maximum Gasteiger partial charge on any atom is 1.00 e. The van der Waals surface area contributed by atoms with Gasteiger partial charge in [-0.05, 0) is 30.4 Å². The van der Waals surface area contributed by atoms with Crippen LogP contribution in [0.4, 0.5) is 0 Å². The molecule has 0 radical (unpaired) electrons. The number of methoxy groups -OCH3 is 1. The van der Waals surface area contributed by atoms with Crippen molar-refractivity contribution in [2.75, 3.05) is 33.4 Å². The van der Waals surface area contributed by atoms with Crippen molar-refractivity contribution >= 4 is 0 Å². The fourth-order valence-corrected chi connectivity index (χ4v) is 3.18. The van der Waals surface area contributed by atoms with Crippen LogP contribution in [0, 0.1) is 11.8 Å². The molecule has 0 spiro atoms. The molecule has 1 heterocycles. The standard InChI is InChI=1S/C17H27NO3.ClH/c1-13-7-14(2)10-18(9-13)11-15(19)12-21-17-6-4-5-16(8-17)20-3;/h4-6,8,13-15,19H,7,9-12H2,1-3H3;1H. The van der Waals surface area contributed by atoms with Crippen LogP contribution < -0.4 is 21.9 Å². The van der Waals surface area contributed by atoms with Crippen molar-refractivity contribution in [3.8, 4) is 11.5 Å². The molecule has 4 nitrogen and oxygen atoms in total. The van der Waals surface area contributed by atoms with Crippen molar-refractivity contribution in [1.82, 2.24) is 4.90 Å². The number of likely N-dealkylation sites (tertiary alicyclic amines) is 1. The SMILES string of the molecule is COc1cccc(OCC(O)CN2CC(C)CC(C)C2)c1.[Cl-].[H+]. The Morgan fingerprint density at radius 3 is 2.55 bits per heavy atom. The van der Waals surface area contributed by atoms with Crippen LogP contribution >= 0.6 is 0 Å². The molecule has 3 unspecified atom stereocenters. The summed E-state index contributed by atoms with van der Waals surface area (Å²) in [6.45, 7) is 7.69. The molecule has 3 atom stereocenters. The molecule has 5 heteroatoms. The van der Waals surface area contributed by atoms with Crippen molar-refractivity contribution in [3.63, 3.8) is 0 Å². The predicted molar refractivity (Wildman–Crippen MR) is 85.0 cm³/mol. The van der Waals surface area contributed by atoms with Crippen LogP contribution in [0.25, 0.3) is 0 Å². The van der Waals surface area contributed by atoms with Gasteiger partial charge in [-0.25, -0.2) is 0 Å². The lowest BCUT2D eigenvalue weighted by Crippen LogP contribution is -3.00. The molecule has 1 fully saturated rings. The number of benzene rings is 1. The molecule has 22 heavy (non-hydrogen) atoms. The summed E-state index contributed by atoms with van der Waals surface area (Å²) in [5, 5.41) is 10.2. The van der Waals surface area contributed by atoms with E-state index in [2.05, 4.69) is 18.7 Å². The summed E-state index contributed by atoms with van der Waals surface area (Å²) in [4.78, 5) is 2.35. The summed E-state index contributed by atoms with van der Waals surface area (Å²) in [6, 6.07) is 7.46. The molecule has 126 valence electrons. The number of aliphatic hydroxyl groups is 1. The summed E-state index contributed by atoms with van der Waals surface area (Å²) >= 11 is 0. The largest absolute Gasteiger partial charge is 1.00 e. The van der Waals surface area contributed by atoms with Crippen molar-refractivity contribution in [2.24, 2.45) is 11.8 Å². The molecule has 2 rings (SSSR count). The van der Waals surface area contributed by atoms with Crippen LogP contribution in [0.1, 0.15) is 21.7 Å². The first kappa shape index (κ1) is 19.1. The zero-order valence-electron chi connectivity index (χ0n) is 14.7. The van der Waals surface area contributed by atoms with Gasteiger partial charge < -0.3 is 31.9 Å². The van der Waals surface area contributed by atoms with Gasteiger partial charge >= 0.3 is 1.43 Å². The molecule has 1 aromatic rings. The Morgan fingerprint density at radius 1 is 1.27 bits per heavy atom. The van der Waals surface area contributed by atoms with Crippen LogP contribution in [-0.2, 0) is 0 Å². The van der Waals surface area contributed by atoms with Gasteiger partial charge in [-0.15, -0.1) is 0 Å². The normalized spacial score (nSPS) is 23.5.